The van der Waals surface area contributed by atoms with Gasteiger partial charge in [0.2, 0.25) is 0 Å². The first-order valence-electron chi connectivity index (χ1n) is 8.05. The first-order valence-corrected chi connectivity index (χ1v) is 8.84. The summed E-state index contributed by atoms with van der Waals surface area (Å²) in [7, 11) is 0. The molecule has 0 saturated carbocycles. The summed E-state index contributed by atoms with van der Waals surface area (Å²) in [5, 5.41) is 4.41. The van der Waals surface area contributed by atoms with Gasteiger partial charge in [0.15, 0.2) is 5.76 Å². The molecule has 0 bridgehead atoms. The summed E-state index contributed by atoms with van der Waals surface area (Å²) in [4.78, 5) is 11.9. The van der Waals surface area contributed by atoms with Crippen LogP contribution in [0, 0.1) is 13.8 Å². The predicted octanol–water partition coefficient (Wildman–Crippen LogP) is 4.75. The molecule has 0 atom stereocenters. The van der Waals surface area contributed by atoms with Crippen molar-refractivity contribution in [3.05, 3.63) is 52.1 Å². The molecule has 0 saturated heterocycles. The summed E-state index contributed by atoms with van der Waals surface area (Å²) in [6.45, 7) is 6.08. The van der Waals surface area contributed by atoms with Crippen LogP contribution in [-0.2, 0) is 16.1 Å². The zero-order chi connectivity index (χ0) is 18.0. The van der Waals surface area contributed by atoms with E-state index in [4.69, 9.17) is 9.15 Å². The van der Waals surface area contributed by atoms with E-state index in [1.165, 1.54) is 5.56 Å². The van der Waals surface area contributed by atoms with Gasteiger partial charge in [-0.15, -0.1) is 0 Å². The van der Waals surface area contributed by atoms with Gasteiger partial charge < -0.3 is 9.15 Å². The summed E-state index contributed by atoms with van der Waals surface area (Å²) in [6, 6.07) is 11.9. The molecule has 0 spiro atoms. The fourth-order valence-corrected chi connectivity index (χ4v) is 3.14. The molecule has 0 N–H and O–H groups in total. The van der Waals surface area contributed by atoms with Crippen LogP contribution in [0.1, 0.15) is 18.2 Å². The normalized spacial score (nSPS) is 10.9. The summed E-state index contributed by atoms with van der Waals surface area (Å²) >= 11 is 3.55. The van der Waals surface area contributed by atoms with E-state index >= 15 is 0 Å². The van der Waals surface area contributed by atoms with Gasteiger partial charge in [0, 0.05) is 5.56 Å². The SMILES string of the molecule is CCOC(=O)Cn1nc(C)c(Br)c1-c1ccc(-c2cccc(C)c2)o1. The number of ether oxygens (including phenoxy) is 1. The van der Waals surface area contributed by atoms with Crippen molar-refractivity contribution in [1.82, 2.24) is 9.78 Å². The molecule has 0 fully saturated rings. The minimum Gasteiger partial charge on any atom is -0.465 e. The maximum atomic E-state index is 11.9. The highest BCUT2D eigenvalue weighted by Gasteiger charge is 2.20. The average Bonchev–Trinajstić information content (AvgIpc) is 3.13. The van der Waals surface area contributed by atoms with Crippen molar-refractivity contribution in [2.45, 2.75) is 27.3 Å². The first-order chi connectivity index (χ1) is 12.0. The number of carbonyl (C=O) groups is 1. The van der Waals surface area contributed by atoms with Gasteiger partial charge in [0.25, 0.3) is 0 Å². The van der Waals surface area contributed by atoms with Gasteiger partial charge in [-0.2, -0.15) is 5.10 Å². The Morgan fingerprint density at radius 1 is 1.24 bits per heavy atom. The molecule has 2 heterocycles. The second-order valence-corrected chi connectivity index (χ2v) is 6.54. The van der Waals surface area contributed by atoms with E-state index < -0.39 is 0 Å². The number of aryl methyl sites for hydroxylation is 2. The second-order valence-electron chi connectivity index (χ2n) is 5.74. The predicted molar refractivity (Wildman–Crippen MR) is 99.2 cm³/mol. The minimum atomic E-state index is -0.329. The fourth-order valence-electron chi connectivity index (χ4n) is 2.66. The third-order valence-corrected chi connectivity index (χ3v) is 4.73. The molecule has 25 heavy (non-hydrogen) atoms. The van der Waals surface area contributed by atoms with E-state index in [9.17, 15) is 4.79 Å². The Bertz CT molecular complexity index is 911. The molecule has 0 radical (unpaired) electrons. The van der Waals surface area contributed by atoms with Gasteiger partial charge in [-0.25, -0.2) is 4.68 Å². The standard InChI is InChI=1S/C19H19BrN2O3/c1-4-24-17(23)11-22-19(18(20)13(3)21-22)16-9-8-15(25-16)14-7-5-6-12(2)10-14/h5-10H,4,11H2,1-3H3. The molecule has 0 aliphatic heterocycles. The molecule has 130 valence electrons. The van der Waals surface area contributed by atoms with Crippen LogP contribution in [0.3, 0.4) is 0 Å². The fraction of sp³-hybridized carbons (Fsp3) is 0.263. The van der Waals surface area contributed by atoms with E-state index in [0.29, 0.717) is 12.4 Å². The van der Waals surface area contributed by atoms with Crippen molar-refractivity contribution in [2.75, 3.05) is 6.61 Å². The number of halogens is 1. The van der Waals surface area contributed by atoms with Crippen LogP contribution in [0.2, 0.25) is 0 Å². The zero-order valence-electron chi connectivity index (χ0n) is 14.4. The Morgan fingerprint density at radius 2 is 2.00 bits per heavy atom. The number of benzene rings is 1. The lowest BCUT2D eigenvalue weighted by Crippen LogP contribution is -2.15. The summed E-state index contributed by atoms with van der Waals surface area (Å²) in [5.41, 5.74) is 3.69. The number of furan rings is 1. The number of hydrogen-bond acceptors (Lipinski definition) is 4. The van der Waals surface area contributed by atoms with Crippen LogP contribution in [-0.4, -0.2) is 22.4 Å². The quantitative estimate of drug-likeness (QED) is 0.577. The lowest BCUT2D eigenvalue weighted by Gasteiger charge is -2.06. The third-order valence-electron chi connectivity index (χ3n) is 3.78. The topological polar surface area (TPSA) is 57.3 Å². The molecule has 0 unspecified atom stereocenters. The Morgan fingerprint density at radius 3 is 2.72 bits per heavy atom. The smallest absolute Gasteiger partial charge is 0.327 e. The Balaban J connectivity index is 1.98. The maximum absolute atomic E-state index is 11.9. The Hall–Kier alpha value is -2.34. The van der Waals surface area contributed by atoms with Crippen molar-refractivity contribution in [3.8, 4) is 22.8 Å². The Kier molecular flexibility index (Phi) is 5.08. The van der Waals surface area contributed by atoms with Crippen molar-refractivity contribution in [3.63, 3.8) is 0 Å². The lowest BCUT2D eigenvalue weighted by molar-refractivity contribution is -0.144. The van der Waals surface area contributed by atoms with Crippen LogP contribution in [0.15, 0.2) is 45.3 Å². The van der Waals surface area contributed by atoms with Crippen LogP contribution in [0.4, 0.5) is 0 Å². The first kappa shape index (κ1) is 17.5. The number of hydrogen-bond donors (Lipinski definition) is 0. The van der Waals surface area contributed by atoms with Crippen LogP contribution in [0.5, 0.6) is 0 Å². The number of carbonyl (C=O) groups excluding carboxylic acids is 1. The van der Waals surface area contributed by atoms with Gasteiger partial charge in [-0.1, -0.05) is 23.8 Å². The van der Waals surface area contributed by atoms with E-state index in [1.807, 2.05) is 44.2 Å². The molecule has 3 aromatic rings. The largest absolute Gasteiger partial charge is 0.465 e. The average molecular weight is 403 g/mol. The van der Waals surface area contributed by atoms with Gasteiger partial charge in [0.1, 0.15) is 18.0 Å². The molecule has 0 aliphatic rings. The summed E-state index contributed by atoms with van der Waals surface area (Å²) < 4.78 is 13.5. The maximum Gasteiger partial charge on any atom is 0.327 e. The van der Waals surface area contributed by atoms with E-state index in [1.54, 1.807) is 11.6 Å². The number of nitrogens with zero attached hydrogens (tertiary/aromatic N) is 2. The van der Waals surface area contributed by atoms with Gasteiger partial charge in [0.05, 0.1) is 16.8 Å². The molecular formula is C19H19BrN2O3. The lowest BCUT2D eigenvalue weighted by atomic mass is 10.1. The van der Waals surface area contributed by atoms with Gasteiger partial charge in [-0.05, 0) is 54.9 Å². The highest BCUT2D eigenvalue weighted by Crippen LogP contribution is 2.34. The molecule has 0 aliphatic carbocycles. The van der Waals surface area contributed by atoms with Crippen molar-refractivity contribution in [2.24, 2.45) is 0 Å². The molecule has 3 rings (SSSR count). The summed E-state index contributed by atoms with van der Waals surface area (Å²) in [6.07, 6.45) is 0. The molecule has 0 amide bonds. The van der Waals surface area contributed by atoms with E-state index in [-0.39, 0.29) is 12.5 Å². The van der Waals surface area contributed by atoms with E-state index in [2.05, 4.69) is 27.1 Å². The third kappa shape index (κ3) is 3.69. The second kappa shape index (κ2) is 7.27. The van der Waals surface area contributed by atoms with Crippen LogP contribution >= 0.6 is 15.9 Å². The molecule has 5 nitrogen and oxygen atoms in total. The number of esters is 1. The molecular weight excluding hydrogens is 384 g/mol. The zero-order valence-corrected chi connectivity index (χ0v) is 16.0. The van der Waals surface area contributed by atoms with Crippen molar-refractivity contribution in [1.29, 1.82) is 0 Å². The highest BCUT2D eigenvalue weighted by molar-refractivity contribution is 9.10. The summed E-state index contributed by atoms with van der Waals surface area (Å²) in [5.74, 6) is 1.09. The van der Waals surface area contributed by atoms with Crippen LogP contribution in [0.25, 0.3) is 22.8 Å². The highest BCUT2D eigenvalue weighted by atomic mass is 79.9. The molecule has 6 heteroatoms. The monoisotopic (exact) mass is 402 g/mol. The molecule has 2 aromatic heterocycles. The Labute approximate surface area is 154 Å². The van der Waals surface area contributed by atoms with Gasteiger partial charge in [-0.3, -0.25) is 4.79 Å². The van der Waals surface area contributed by atoms with Crippen LogP contribution < -0.4 is 0 Å². The van der Waals surface area contributed by atoms with Gasteiger partial charge >= 0.3 is 5.97 Å². The van der Waals surface area contributed by atoms with Crippen molar-refractivity contribution >= 4 is 21.9 Å². The molecule has 1 aromatic carbocycles. The van der Waals surface area contributed by atoms with E-state index in [0.717, 1.165) is 27.2 Å². The minimum absolute atomic E-state index is 0.0378. The number of rotatable bonds is 5. The number of aromatic nitrogens is 2. The van der Waals surface area contributed by atoms with Crippen molar-refractivity contribution < 1.29 is 13.9 Å².